The Balaban J connectivity index is 2.35. The van der Waals surface area contributed by atoms with E-state index in [9.17, 15) is 24.4 Å². The van der Waals surface area contributed by atoms with Crippen LogP contribution in [0.25, 0.3) is 0 Å². The van der Waals surface area contributed by atoms with Gasteiger partial charge in [-0.3, -0.25) is 19.6 Å². The fourth-order valence-electron chi connectivity index (χ4n) is 5.16. The molecule has 2 rings (SSSR count). The van der Waals surface area contributed by atoms with E-state index in [0.29, 0.717) is 37.5 Å². The van der Waals surface area contributed by atoms with E-state index in [2.05, 4.69) is 10.6 Å². The number of nitrogens with zero attached hydrogens (tertiary/aromatic N) is 2. The van der Waals surface area contributed by atoms with Crippen LogP contribution in [0, 0.1) is 16.7 Å². The summed E-state index contributed by atoms with van der Waals surface area (Å²) in [5.74, 6) is -2.13. The summed E-state index contributed by atoms with van der Waals surface area (Å²) in [6.45, 7) is 8.64. The molecule has 1 aromatic rings. The van der Waals surface area contributed by atoms with Gasteiger partial charge in [0.15, 0.2) is 0 Å². The molecule has 194 valence electrons. The molecule has 1 aliphatic heterocycles. The highest BCUT2D eigenvalue weighted by Crippen LogP contribution is 2.47. The molecule has 1 aromatic carbocycles. The Labute approximate surface area is 207 Å². The summed E-state index contributed by atoms with van der Waals surface area (Å²) in [5.41, 5.74) is 4.77. The van der Waals surface area contributed by atoms with E-state index in [-0.39, 0.29) is 25.4 Å². The highest BCUT2D eigenvalue weighted by atomic mass is 16.5. The minimum Gasteiger partial charge on any atom is -0.369 e. The Morgan fingerprint density at radius 2 is 1.94 bits per heavy atom. The van der Waals surface area contributed by atoms with Gasteiger partial charge in [-0.25, -0.2) is 9.86 Å². The number of benzene rings is 1. The lowest BCUT2D eigenvalue weighted by Gasteiger charge is -2.48. The van der Waals surface area contributed by atoms with Gasteiger partial charge in [0.05, 0.1) is 17.4 Å². The summed E-state index contributed by atoms with van der Waals surface area (Å²) < 4.78 is 0. The van der Waals surface area contributed by atoms with Gasteiger partial charge < -0.3 is 21.3 Å². The summed E-state index contributed by atoms with van der Waals surface area (Å²) in [7, 11) is 0. The van der Waals surface area contributed by atoms with E-state index < -0.39 is 34.6 Å². The summed E-state index contributed by atoms with van der Waals surface area (Å²) in [6.07, 6.45) is 1.56. The number of rotatable bonds is 13. The first kappa shape index (κ1) is 28.1. The van der Waals surface area contributed by atoms with Gasteiger partial charge in [-0.15, -0.1) is 0 Å². The number of nitrogens with two attached hydrogens (primary N) is 1. The van der Waals surface area contributed by atoms with Crippen LogP contribution in [-0.2, 0) is 20.8 Å². The second-order valence-electron chi connectivity index (χ2n) is 10.2. The molecule has 35 heavy (non-hydrogen) atoms. The van der Waals surface area contributed by atoms with Crippen molar-refractivity contribution in [2.75, 3.05) is 26.2 Å². The molecule has 0 spiro atoms. The van der Waals surface area contributed by atoms with Gasteiger partial charge in [0, 0.05) is 26.2 Å². The third-order valence-corrected chi connectivity index (χ3v) is 6.88. The smallest absolute Gasteiger partial charge is 0.317 e. The zero-order chi connectivity index (χ0) is 26.2. The van der Waals surface area contributed by atoms with Crippen molar-refractivity contribution in [2.45, 2.75) is 53.0 Å². The van der Waals surface area contributed by atoms with Crippen molar-refractivity contribution in [3.63, 3.8) is 0 Å². The van der Waals surface area contributed by atoms with E-state index in [1.54, 1.807) is 4.90 Å². The van der Waals surface area contributed by atoms with Crippen molar-refractivity contribution in [1.82, 2.24) is 20.6 Å². The number of carbonyl (C=O) groups excluding carboxylic acids is 4. The number of primary amides is 1. The van der Waals surface area contributed by atoms with Crippen LogP contribution in [0.1, 0.15) is 46.1 Å². The van der Waals surface area contributed by atoms with Crippen LogP contribution in [0.3, 0.4) is 0 Å². The molecule has 1 aliphatic rings. The molecule has 10 heteroatoms. The molecule has 5 N–H and O–H groups in total. The zero-order valence-electron chi connectivity index (χ0n) is 21.1. The number of hydrogen-bond donors (Lipinski definition) is 4. The monoisotopic (exact) mass is 489 g/mol. The van der Waals surface area contributed by atoms with Crippen molar-refractivity contribution >= 4 is 24.3 Å². The first-order chi connectivity index (χ1) is 16.4. The first-order valence-electron chi connectivity index (χ1n) is 12.0. The SMILES string of the molecule is C[C@H](N(O)C=O)C(CCCc1ccccc1)(C(N)=O)[C@@H](C(=O)NCCN1CCNC1=O)C(C)(C)C. The molecular weight excluding hydrogens is 450 g/mol. The molecule has 1 heterocycles. The molecule has 5 amide bonds. The normalized spacial score (nSPS) is 17.2. The number of hydrogen-bond acceptors (Lipinski definition) is 5. The standard InChI is InChI=1S/C25H39N5O5/c1-18(30(35)17-31)25(22(26)33,12-8-11-19-9-6-5-7-10-19)20(24(2,3)4)21(32)27-13-15-29-16-14-28-23(29)34/h5-7,9-10,17-18,20,35H,8,11-16H2,1-4H3,(H2,26,33)(H,27,32)(H,28,34)/t18-,20-,25?/m0/s1. The van der Waals surface area contributed by atoms with Gasteiger partial charge in [-0.2, -0.15) is 0 Å². The predicted octanol–water partition coefficient (Wildman–Crippen LogP) is 1.52. The Morgan fingerprint density at radius 3 is 2.46 bits per heavy atom. The van der Waals surface area contributed by atoms with Crippen LogP contribution >= 0.6 is 0 Å². The first-order valence-corrected chi connectivity index (χ1v) is 12.0. The predicted molar refractivity (Wildman–Crippen MR) is 131 cm³/mol. The van der Waals surface area contributed by atoms with Gasteiger partial charge in [-0.05, 0) is 37.2 Å². The number of hydroxylamine groups is 2. The van der Waals surface area contributed by atoms with Crippen LogP contribution in [0.5, 0.6) is 0 Å². The average molecular weight is 490 g/mol. The lowest BCUT2D eigenvalue weighted by atomic mass is 9.57. The number of nitrogens with one attached hydrogen (secondary N) is 2. The second-order valence-corrected chi connectivity index (χ2v) is 10.2. The Hall–Kier alpha value is -3.14. The molecule has 0 aromatic heterocycles. The van der Waals surface area contributed by atoms with Gasteiger partial charge in [0.25, 0.3) is 0 Å². The number of carbonyl (C=O) groups is 4. The maximum atomic E-state index is 13.6. The molecule has 0 saturated carbocycles. The highest BCUT2D eigenvalue weighted by Gasteiger charge is 2.57. The van der Waals surface area contributed by atoms with E-state index in [0.717, 1.165) is 5.56 Å². The molecule has 3 atom stereocenters. The third kappa shape index (κ3) is 6.72. The third-order valence-electron chi connectivity index (χ3n) is 6.88. The van der Waals surface area contributed by atoms with Crippen molar-refractivity contribution in [2.24, 2.45) is 22.5 Å². The van der Waals surface area contributed by atoms with Crippen LogP contribution < -0.4 is 16.4 Å². The summed E-state index contributed by atoms with van der Waals surface area (Å²) in [4.78, 5) is 51.7. The molecule has 0 bridgehead atoms. The maximum Gasteiger partial charge on any atom is 0.317 e. The number of amides is 5. The van der Waals surface area contributed by atoms with Gasteiger partial charge >= 0.3 is 6.03 Å². The molecule has 0 radical (unpaired) electrons. The number of aryl methyl sites for hydroxylation is 1. The Kier molecular flexibility index (Phi) is 9.64. The van der Waals surface area contributed by atoms with Crippen molar-refractivity contribution in [1.29, 1.82) is 0 Å². The van der Waals surface area contributed by atoms with Crippen molar-refractivity contribution < 1.29 is 24.4 Å². The minimum absolute atomic E-state index is 0.186. The number of urea groups is 1. The molecule has 10 nitrogen and oxygen atoms in total. The lowest BCUT2D eigenvalue weighted by Crippen LogP contribution is -2.62. The van der Waals surface area contributed by atoms with E-state index in [4.69, 9.17) is 5.73 Å². The van der Waals surface area contributed by atoms with Crippen LogP contribution in [0.4, 0.5) is 4.79 Å². The van der Waals surface area contributed by atoms with E-state index >= 15 is 0 Å². The Morgan fingerprint density at radius 1 is 1.29 bits per heavy atom. The topological polar surface area (TPSA) is 145 Å². The fraction of sp³-hybridized carbons (Fsp3) is 0.600. The largest absolute Gasteiger partial charge is 0.369 e. The van der Waals surface area contributed by atoms with Crippen molar-refractivity contribution in [3.05, 3.63) is 35.9 Å². The molecule has 1 fully saturated rings. The second kappa shape index (κ2) is 12.0. The van der Waals surface area contributed by atoms with Crippen LogP contribution in [-0.4, -0.2) is 71.6 Å². The summed E-state index contributed by atoms with van der Waals surface area (Å²) >= 11 is 0. The average Bonchev–Trinajstić information content (AvgIpc) is 3.21. The Bertz CT molecular complexity index is 888. The van der Waals surface area contributed by atoms with E-state index in [1.807, 2.05) is 51.1 Å². The maximum absolute atomic E-state index is 13.6. The quantitative estimate of drug-likeness (QED) is 0.189. The van der Waals surface area contributed by atoms with Crippen LogP contribution in [0.15, 0.2) is 30.3 Å². The lowest BCUT2D eigenvalue weighted by molar-refractivity contribution is -0.187. The summed E-state index contributed by atoms with van der Waals surface area (Å²) in [5, 5.41) is 16.3. The fourth-order valence-corrected chi connectivity index (χ4v) is 5.16. The highest BCUT2D eigenvalue weighted by molar-refractivity contribution is 5.91. The molecule has 0 aliphatic carbocycles. The van der Waals surface area contributed by atoms with Crippen molar-refractivity contribution in [3.8, 4) is 0 Å². The molecule has 1 unspecified atom stereocenters. The summed E-state index contributed by atoms with van der Waals surface area (Å²) in [6, 6.07) is 8.48. The molecular formula is C25H39N5O5. The van der Waals surface area contributed by atoms with Gasteiger partial charge in [0.2, 0.25) is 18.2 Å². The van der Waals surface area contributed by atoms with Crippen LogP contribution in [0.2, 0.25) is 0 Å². The zero-order valence-corrected chi connectivity index (χ0v) is 21.1. The minimum atomic E-state index is -1.54. The van der Waals surface area contributed by atoms with E-state index in [1.165, 1.54) is 6.92 Å². The van der Waals surface area contributed by atoms with Gasteiger partial charge in [-0.1, -0.05) is 51.1 Å². The van der Waals surface area contributed by atoms with Gasteiger partial charge in [0.1, 0.15) is 0 Å². The molecule has 1 saturated heterocycles.